The molecular weight excluding hydrogens is 508 g/mol. The number of urea groups is 1. The molecule has 0 radical (unpaired) electrons. The molecule has 2 N–H and O–H groups in total. The Balaban J connectivity index is 1.36. The summed E-state index contributed by atoms with van der Waals surface area (Å²) in [5.41, 5.74) is 6.28. The molecule has 4 rings (SSSR count). The second-order valence-electron chi connectivity index (χ2n) is 10.1. The number of nitrogens with one attached hydrogen (secondary N) is 2. The molecule has 0 aliphatic carbocycles. The predicted molar refractivity (Wildman–Crippen MR) is 155 cm³/mol. The Morgan fingerprint density at radius 1 is 1.05 bits per heavy atom. The minimum absolute atomic E-state index is 0.244. The quantitative estimate of drug-likeness (QED) is 0.381. The van der Waals surface area contributed by atoms with Gasteiger partial charge in [0.05, 0.1) is 22.6 Å². The molecule has 7 nitrogen and oxygen atoms in total. The van der Waals surface area contributed by atoms with Gasteiger partial charge in [-0.3, -0.25) is 0 Å². The Labute approximate surface area is 231 Å². The van der Waals surface area contributed by atoms with Crippen molar-refractivity contribution < 1.29 is 13.2 Å². The van der Waals surface area contributed by atoms with E-state index in [1.807, 2.05) is 44.2 Å². The van der Waals surface area contributed by atoms with Crippen molar-refractivity contribution in [2.24, 2.45) is 0 Å². The molecule has 39 heavy (non-hydrogen) atoms. The van der Waals surface area contributed by atoms with Gasteiger partial charge < -0.3 is 15.5 Å². The van der Waals surface area contributed by atoms with Crippen LogP contribution in [0, 0.1) is 18.3 Å². The number of hydrogen-bond acceptors (Lipinski definition) is 5. The van der Waals surface area contributed by atoms with Crippen molar-refractivity contribution in [3.63, 3.8) is 0 Å². The lowest BCUT2D eigenvalue weighted by molar-refractivity contribution is 0.249. The molecular formula is C31H34N4O3S. The van der Waals surface area contributed by atoms with Crippen LogP contribution >= 0.6 is 0 Å². The summed E-state index contributed by atoms with van der Waals surface area (Å²) >= 11 is 0. The molecule has 1 aliphatic heterocycles. The molecule has 1 atom stereocenters. The first-order valence-corrected chi connectivity index (χ1v) is 14.9. The first-order valence-electron chi connectivity index (χ1n) is 13.0. The van der Waals surface area contributed by atoms with E-state index in [1.54, 1.807) is 24.3 Å². The number of sulfone groups is 1. The highest BCUT2D eigenvalue weighted by Gasteiger charge is 2.22. The molecule has 8 heteroatoms. The number of amides is 2. The average Bonchev–Trinajstić information content (AvgIpc) is 2.93. The van der Waals surface area contributed by atoms with E-state index >= 15 is 0 Å². The molecule has 0 saturated carbocycles. The van der Waals surface area contributed by atoms with Gasteiger partial charge in [-0.2, -0.15) is 5.26 Å². The lowest BCUT2D eigenvalue weighted by Gasteiger charge is -2.35. The molecule has 0 spiro atoms. The third-order valence-corrected chi connectivity index (χ3v) is 8.49. The molecule has 0 aromatic heterocycles. The monoisotopic (exact) mass is 542 g/mol. The van der Waals surface area contributed by atoms with E-state index in [9.17, 15) is 13.2 Å². The number of nitrogens with zero attached hydrogens (tertiary/aromatic N) is 2. The van der Waals surface area contributed by atoms with Crippen LogP contribution < -0.4 is 10.6 Å². The minimum atomic E-state index is -3.27. The zero-order chi connectivity index (χ0) is 28.2. The van der Waals surface area contributed by atoms with Crippen LogP contribution in [0.4, 0.5) is 10.5 Å². The third-order valence-electron chi connectivity index (χ3n) is 7.36. The van der Waals surface area contributed by atoms with E-state index in [2.05, 4.69) is 40.3 Å². The average molecular weight is 543 g/mol. The fraction of sp³-hybridized carbons (Fsp3) is 0.290. The Morgan fingerprint density at radius 2 is 1.69 bits per heavy atom. The van der Waals surface area contributed by atoms with Crippen molar-refractivity contribution in [1.82, 2.24) is 10.2 Å². The van der Waals surface area contributed by atoms with Crippen molar-refractivity contribution >= 4 is 27.3 Å². The number of likely N-dealkylation sites (tertiary alicyclic amines) is 1. The molecule has 3 aromatic carbocycles. The Kier molecular flexibility index (Phi) is 8.41. The van der Waals surface area contributed by atoms with Crippen LogP contribution in [0.15, 0.2) is 78.2 Å². The molecule has 2 amide bonds. The predicted octanol–water partition coefficient (Wildman–Crippen LogP) is 6.00. The van der Waals surface area contributed by atoms with E-state index in [4.69, 9.17) is 5.26 Å². The molecule has 0 bridgehead atoms. The highest BCUT2D eigenvalue weighted by molar-refractivity contribution is 7.90. The van der Waals surface area contributed by atoms with Gasteiger partial charge in [-0.25, -0.2) is 13.2 Å². The fourth-order valence-corrected chi connectivity index (χ4v) is 5.50. The lowest BCUT2D eigenvalue weighted by Crippen LogP contribution is -2.32. The van der Waals surface area contributed by atoms with Gasteiger partial charge in [-0.05, 0) is 85.2 Å². The van der Waals surface area contributed by atoms with Gasteiger partial charge in [-0.1, -0.05) is 43.0 Å². The van der Waals surface area contributed by atoms with Crippen LogP contribution in [-0.2, 0) is 9.84 Å². The standard InChI is InChI=1S/C31H34N4O3S/c1-21-5-8-28(23(3)35-17-15-27(16-18-35)26-9-6-24(20-32)7-10-26)19-30(21)34-31(36)33-22(2)25-11-13-29(14-12-25)39(4,37)38/h5-14,19,22,27H,3,15-18H2,1-2,4H3,(H2,33,34,36). The minimum Gasteiger partial charge on any atom is -0.371 e. The molecule has 1 aliphatic rings. The van der Waals surface area contributed by atoms with Gasteiger partial charge in [0.1, 0.15) is 0 Å². The van der Waals surface area contributed by atoms with Gasteiger partial charge >= 0.3 is 6.03 Å². The molecule has 1 heterocycles. The second-order valence-corrected chi connectivity index (χ2v) is 12.1. The maximum absolute atomic E-state index is 12.8. The number of aryl methyl sites for hydroxylation is 1. The number of hydrogen-bond donors (Lipinski definition) is 2. The Morgan fingerprint density at radius 3 is 2.28 bits per heavy atom. The van der Waals surface area contributed by atoms with E-state index in [-0.39, 0.29) is 17.0 Å². The zero-order valence-electron chi connectivity index (χ0n) is 22.6. The molecule has 1 unspecified atom stereocenters. The van der Waals surface area contributed by atoms with Crippen LogP contribution in [0.1, 0.15) is 59.5 Å². The Hall–Kier alpha value is -4.09. The number of piperidine rings is 1. The summed E-state index contributed by atoms with van der Waals surface area (Å²) in [4.78, 5) is 15.3. The van der Waals surface area contributed by atoms with Gasteiger partial charge in [-0.15, -0.1) is 0 Å². The maximum Gasteiger partial charge on any atom is 0.319 e. The lowest BCUT2D eigenvalue weighted by atomic mass is 9.88. The summed E-state index contributed by atoms with van der Waals surface area (Å²) < 4.78 is 23.4. The molecule has 202 valence electrons. The van der Waals surface area contributed by atoms with Crippen LogP contribution in [0.5, 0.6) is 0 Å². The first-order chi connectivity index (χ1) is 18.5. The van der Waals surface area contributed by atoms with Crippen molar-refractivity contribution in [1.29, 1.82) is 5.26 Å². The molecule has 3 aromatic rings. The van der Waals surface area contributed by atoms with E-state index in [1.165, 1.54) is 11.8 Å². The maximum atomic E-state index is 12.8. The molecule has 1 fully saturated rings. The number of rotatable bonds is 7. The molecule has 1 saturated heterocycles. The number of carbonyl (C=O) groups is 1. The van der Waals surface area contributed by atoms with Gasteiger partial charge in [0.15, 0.2) is 9.84 Å². The van der Waals surface area contributed by atoms with Crippen molar-refractivity contribution in [2.75, 3.05) is 24.7 Å². The summed E-state index contributed by atoms with van der Waals surface area (Å²) in [7, 11) is -3.27. The van der Waals surface area contributed by atoms with Crippen LogP contribution in [0.3, 0.4) is 0 Å². The van der Waals surface area contributed by atoms with E-state index in [0.717, 1.165) is 48.3 Å². The van der Waals surface area contributed by atoms with Crippen molar-refractivity contribution in [3.05, 3.63) is 101 Å². The SMILES string of the molecule is C=C(c1ccc(C)c(NC(=O)NC(C)c2ccc(S(C)(=O)=O)cc2)c1)N1CCC(c2ccc(C#N)cc2)CC1. The van der Waals surface area contributed by atoms with Crippen LogP contribution in [0.25, 0.3) is 5.70 Å². The fourth-order valence-electron chi connectivity index (χ4n) is 4.87. The van der Waals surface area contributed by atoms with E-state index in [0.29, 0.717) is 17.2 Å². The normalized spacial score (nSPS) is 14.8. The summed E-state index contributed by atoms with van der Waals surface area (Å²) in [6.07, 6.45) is 3.18. The Bertz CT molecular complexity index is 1500. The van der Waals surface area contributed by atoms with Crippen molar-refractivity contribution in [2.45, 2.75) is 43.5 Å². The van der Waals surface area contributed by atoms with Gasteiger partial charge in [0, 0.05) is 30.7 Å². The number of nitriles is 1. The highest BCUT2D eigenvalue weighted by atomic mass is 32.2. The zero-order valence-corrected chi connectivity index (χ0v) is 23.4. The summed E-state index contributed by atoms with van der Waals surface area (Å²) in [6, 6.07) is 21.9. The summed E-state index contributed by atoms with van der Waals surface area (Å²) in [5, 5.41) is 14.9. The second kappa shape index (κ2) is 11.7. The number of anilines is 1. The smallest absolute Gasteiger partial charge is 0.319 e. The van der Waals surface area contributed by atoms with Crippen molar-refractivity contribution in [3.8, 4) is 6.07 Å². The topological polar surface area (TPSA) is 102 Å². The largest absolute Gasteiger partial charge is 0.371 e. The van der Waals surface area contributed by atoms with E-state index < -0.39 is 9.84 Å². The highest BCUT2D eigenvalue weighted by Crippen LogP contribution is 2.32. The summed E-state index contributed by atoms with van der Waals surface area (Å²) in [6.45, 7) is 9.91. The third kappa shape index (κ3) is 6.87. The summed E-state index contributed by atoms with van der Waals surface area (Å²) in [5.74, 6) is 0.463. The van der Waals surface area contributed by atoms with Crippen LogP contribution in [0.2, 0.25) is 0 Å². The number of carbonyl (C=O) groups excluding carboxylic acids is 1. The van der Waals surface area contributed by atoms with Gasteiger partial charge in [0.2, 0.25) is 0 Å². The number of benzene rings is 3. The first kappa shape index (κ1) is 27.9. The van der Waals surface area contributed by atoms with Crippen LogP contribution in [-0.4, -0.2) is 38.7 Å². The van der Waals surface area contributed by atoms with Gasteiger partial charge in [0.25, 0.3) is 0 Å².